The van der Waals surface area contributed by atoms with Crippen LogP contribution >= 0.6 is 0 Å². The van der Waals surface area contributed by atoms with Crippen LogP contribution in [0.25, 0.3) is 0 Å². The van der Waals surface area contributed by atoms with E-state index in [1.807, 2.05) is 11.0 Å². The van der Waals surface area contributed by atoms with Crippen molar-refractivity contribution in [1.82, 2.24) is 24.7 Å². The molecule has 8 nitrogen and oxygen atoms in total. The highest BCUT2D eigenvalue weighted by molar-refractivity contribution is 5.76. The number of rotatable bonds is 6. The van der Waals surface area contributed by atoms with Gasteiger partial charge in [0.25, 0.3) is 0 Å². The van der Waals surface area contributed by atoms with Gasteiger partial charge in [0.1, 0.15) is 0 Å². The summed E-state index contributed by atoms with van der Waals surface area (Å²) in [5.74, 6) is 1.82. The van der Waals surface area contributed by atoms with Gasteiger partial charge in [-0.3, -0.25) is 9.69 Å². The van der Waals surface area contributed by atoms with Gasteiger partial charge in [-0.2, -0.15) is 0 Å². The normalized spacial score (nSPS) is 26.9. The van der Waals surface area contributed by atoms with Gasteiger partial charge in [0.05, 0.1) is 12.2 Å². The largest absolute Gasteiger partial charge is 0.373 e. The third kappa shape index (κ3) is 6.37. The van der Waals surface area contributed by atoms with E-state index in [0.717, 1.165) is 70.8 Å². The summed E-state index contributed by atoms with van der Waals surface area (Å²) in [5, 5.41) is 0. The molecule has 31 heavy (non-hydrogen) atoms. The monoisotopic (exact) mass is 430 g/mol. The van der Waals surface area contributed by atoms with E-state index in [4.69, 9.17) is 4.74 Å². The van der Waals surface area contributed by atoms with Crippen LogP contribution in [0.4, 0.5) is 5.95 Å². The van der Waals surface area contributed by atoms with Crippen molar-refractivity contribution in [1.29, 1.82) is 0 Å². The predicted molar refractivity (Wildman–Crippen MR) is 121 cm³/mol. The Morgan fingerprint density at radius 2 is 1.61 bits per heavy atom. The lowest BCUT2D eigenvalue weighted by Gasteiger charge is -2.39. The standard InChI is InChI=1S/C23H38N6O2/c1-19-16-27(17-20(2)31-19)18-21-4-9-26(10-5-21)11-6-22(30)28-12-14-29(15-13-28)23-24-7-3-8-25-23/h3,7-8,19-21H,4-6,9-18H2,1-2H3. The highest BCUT2D eigenvalue weighted by Gasteiger charge is 2.27. The van der Waals surface area contributed by atoms with E-state index in [2.05, 4.69) is 38.5 Å². The molecule has 3 aliphatic rings. The number of ether oxygens (including phenoxy) is 1. The van der Waals surface area contributed by atoms with Gasteiger partial charge in [-0.1, -0.05) is 0 Å². The van der Waals surface area contributed by atoms with Crippen molar-refractivity contribution in [2.24, 2.45) is 5.92 Å². The number of carbonyl (C=O) groups is 1. The lowest BCUT2D eigenvalue weighted by atomic mass is 9.95. The third-order valence-electron chi connectivity index (χ3n) is 6.83. The fourth-order valence-electron chi connectivity index (χ4n) is 5.21. The number of piperazine rings is 1. The van der Waals surface area contributed by atoms with Crippen molar-refractivity contribution >= 4 is 11.9 Å². The molecule has 172 valence electrons. The first-order chi connectivity index (χ1) is 15.1. The molecule has 0 aromatic carbocycles. The Balaban J connectivity index is 1.12. The van der Waals surface area contributed by atoms with Crippen molar-refractivity contribution in [3.63, 3.8) is 0 Å². The Morgan fingerprint density at radius 1 is 0.968 bits per heavy atom. The molecule has 3 aliphatic heterocycles. The SMILES string of the molecule is CC1CN(CC2CCN(CCC(=O)N3CCN(c4ncccn4)CC3)CC2)CC(C)O1. The number of nitrogens with zero attached hydrogens (tertiary/aromatic N) is 6. The number of likely N-dealkylation sites (tertiary alicyclic amines) is 1. The Hall–Kier alpha value is -1.77. The predicted octanol–water partition coefficient (Wildman–Crippen LogP) is 1.34. The first-order valence-electron chi connectivity index (χ1n) is 12.0. The van der Waals surface area contributed by atoms with Crippen molar-refractivity contribution in [2.45, 2.75) is 45.3 Å². The number of hydrogen-bond acceptors (Lipinski definition) is 7. The van der Waals surface area contributed by atoms with Gasteiger partial charge in [0.2, 0.25) is 11.9 Å². The van der Waals surface area contributed by atoms with E-state index in [0.29, 0.717) is 18.6 Å². The maximum atomic E-state index is 12.7. The van der Waals surface area contributed by atoms with Gasteiger partial charge in [-0.05, 0) is 51.8 Å². The minimum atomic E-state index is 0.284. The molecule has 2 unspecified atom stereocenters. The molecule has 1 amide bonds. The number of piperidine rings is 1. The van der Waals surface area contributed by atoms with Crippen LogP contribution in [-0.2, 0) is 9.53 Å². The van der Waals surface area contributed by atoms with E-state index < -0.39 is 0 Å². The molecular weight excluding hydrogens is 392 g/mol. The van der Waals surface area contributed by atoms with Gasteiger partial charge >= 0.3 is 0 Å². The summed E-state index contributed by atoms with van der Waals surface area (Å²) in [4.78, 5) is 30.6. The van der Waals surface area contributed by atoms with Crippen molar-refractivity contribution in [3.05, 3.63) is 18.5 Å². The summed E-state index contributed by atoms with van der Waals surface area (Å²) < 4.78 is 5.86. The van der Waals surface area contributed by atoms with Crippen LogP contribution in [0.2, 0.25) is 0 Å². The maximum Gasteiger partial charge on any atom is 0.225 e. The molecule has 2 atom stereocenters. The number of hydrogen-bond donors (Lipinski definition) is 0. The van der Waals surface area contributed by atoms with Crippen molar-refractivity contribution in [2.75, 3.05) is 70.3 Å². The molecule has 0 spiro atoms. The zero-order valence-electron chi connectivity index (χ0n) is 19.2. The maximum absolute atomic E-state index is 12.7. The van der Waals surface area contributed by atoms with Crippen LogP contribution in [0.1, 0.15) is 33.1 Å². The van der Waals surface area contributed by atoms with E-state index >= 15 is 0 Å². The van der Waals surface area contributed by atoms with Crippen molar-refractivity contribution < 1.29 is 9.53 Å². The molecule has 0 aliphatic carbocycles. The first-order valence-corrected chi connectivity index (χ1v) is 12.0. The number of carbonyl (C=O) groups excluding carboxylic acids is 1. The summed E-state index contributed by atoms with van der Waals surface area (Å²) in [5.41, 5.74) is 0. The molecule has 0 saturated carbocycles. The van der Waals surface area contributed by atoms with Crippen LogP contribution in [0.5, 0.6) is 0 Å². The Kier molecular flexibility index (Phi) is 7.74. The van der Waals surface area contributed by atoms with Gasteiger partial charge in [-0.25, -0.2) is 9.97 Å². The lowest BCUT2D eigenvalue weighted by molar-refractivity contribution is -0.131. The van der Waals surface area contributed by atoms with Crippen LogP contribution in [0.3, 0.4) is 0 Å². The van der Waals surface area contributed by atoms with E-state index in [-0.39, 0.29) is 5.91 Å². The fraction of sp³-hybridized carbons (Fsp3) is 0.783. The summed E-state index contributed by atoms with van der Waals surface area (Å²) in [7, 11) is 0. The summed E-state index contributed by atoms with van der Waals surface area (Å²) in [6.45, 7) is 13.9. The molecule has 3 fully saturated rings. The molecular formula is C23H38N6O2. The molecule has 0 bridgehead atoms. The molecule has 4 heterocycles. The van der Waals surface area contributed by atoms with Gasteiger partial charge < -0.3 is 19.4 Å². The van der Waals surface area contributed by atoms with Crippen LogP contribution in [-0.4, -0.2) is 108 Å². The topological polar surface area (TPSA) is 65.0 Å². The summed E-state index contributed by atoms with van der Waals surface area (Å²) in [6.07, 6.45) is 7.34. The summed E-state index contributed by atoms with van der Waals surface area (Å²) in [6, 6.07) is 1.83. The Labute approximate surface area is 186 Å². The number of anilines is 1. The quantitative estimate of drug-likeness (QED) is 0.675. The van der Waals surface area contributed by atoms with E-state index in [1.165, 1.54) is 19.4 Å². The Bertz CT molecular complexity index is 679. The van der Waals surface area contributed by atoms with Gasteiger partial charge in [0.15, 0.2) is 0 Å². The second-order valence-corrected chi connectivity index (χ2v) is 9.43. The van der Waals surface area contributed by atoms with Gasteiger partial charge in [-0.15, -0.1) is 0 Å². The molecule has 8 heteroatoms. The molecule has 3 saturated heterocycles. The van der Waals surface area contributed by atoms with Crippen LogP contribution in [0, 0.1) is 5.92 Å². The molecule has 4 rings (SSSR count). The zero-order chi connectivity index (χ0) is 21.6. The van der Waals surface area contributed by atoms with Crippen LogP contribution in [0.15, 0.2) is 18.5 Å². The van der Waals surface area contributed by atoms with E-state index in [9.17, 15) is 4.79 Å². The van der Waals surface area contributed by atoms with Crippen LogP contribution < -0.4 is 4.90 Å². The highest BCUT2D eigenvalue weighted by Crippen LogP contribution is 2.21. The van der Waals surface area contributed by atoms with Gasteiger partial charge in [0, 0.05) is 71.2 Å². The summed E-state index contributed by atoms with van der Waals surface area (Å²) >= 11 is 0. The van der Waals surface area contributed by atoms with E-state index in [1.54, 1.807) is 12.4 Å². The molecule has 1 aromatic rings. The minimum Gasteiger partial charge on any atom is -0.373 e. The second kappa shape index (κ2) is 10.7. The molecule has 1 aromatic heterocycles. The highest BCUT2D eigenvalue weighted by atomic mass is 16.5. The Morgan fingerprint density at radius 3 is 2.26 bits per heavy atom. The third-order valence-corrected chi connectivity index (χ3v) is 6.83. The zero-order valence-corrected chi connectivity index (χ0v) is 19.2. The second-order valence-electron chi connectivity index (χ2n) is 9.43. The number of aromatic nitrogens is 2. The lowest BCUT2D eigenvalue weighted by Crippen LogP contribution is -2.50. The minimum absolute atomic E-state index is 0.284. The molecule has 0 N–H and O–H groups in total. The van der Waals surface area contributed by atoms with Crippen molar-refractivity contribution in [3.8, 4) is 0 Å². The average Bonchev–Trinajstić information content (AvgIpc) is 2.78. The smallest absolute Gasteiger partial charge is 0.225 e. The average molecular weight is 431 g/mol. The fourth-order valence-corrected chi connectivity index (χ4v) is 5.21. The number of morpholine rings is 1. The first kappa shape index (κ1) is 22.4. The number of amides is 1. The molecule has 0 radical (unpaired) electrons.